The maximum Gasteiger partial charge on any atom is 0.335 e. The molecule has 0 saturated carbocycles. The van der Waals surface area contributed by atoms with Crippen LogP contribution in [0.3, 0.4) is 0 Å². The van der Waals surface area contributed by atoms with E-state index in [0.29, 0.717) is 18.0 Å². The van der Waals surface area contributed by atoms with Crippen LogP contribution in [-0.2, 0) is 0 Å². The van der Waals surface area contributed by atoms with Crippen molar-refractivity contribution in [3.63, 3.8) is 0 Å². The van der Waals surface area contributed by atoms with Gasteiger partial charge in [-0.3, -0.25) is 4.79 Å². The van der Waals surface area contributed by atoms with E-state index >= 15 is 0 Å². The predicted molar refractivity (Wildman–Crippen MR) is 101 cm³/mol. The van der Waals surface area contributed by atoms with E-state index in [0.717, 1.165) is 11.1 Å². The molecule has 0 amide bonds. The zero-order valence-electron chi connectivity index (χ0n) is 14.5. The molecule has 0 saturated heterocycles. The Hall–Kier alpha value is -3.34. The van der Waals surface area contributed by atoms with E-state index in [1.165, 1.54) is 18.2 Å². The summed E-state index contributed by atoms with van der Waals surface area (Å²) in [5.74, 6) is -0.726. The molecule has 1 aromatic heterocycles. The summed E-state index contributed by atoms with van der Waals surface area (Å²) in [6.07, 6.45) is 3.55. The van der Waals surface area contributed by atoms with Gasteiger partial charge in [-0.05, 0) is 49.2 Å². The zero-order chi connectivity index (χ0) is 18.7. The van der Waals surface area contributed by atoms with Gasteiger partial charge in [-0.1, -0.05) is 30.3 Å². The Kier molecular flexibility index (Phi) is 4.89. The van der Waals surface area contributed by atoms with Crippen molar-refractivity contribution < 1.29 is 19.1 Å². The van der Waals surface area contributed by atoms with Crippen LogP contribution in [0.15, 0.2) is 51.7 Å². The average Bonchev–Trinajstić information content (AvgIpc) is 2.63. The number of carboxylic acids is 1. The van der Waals surface area contributed by atoms with Gasteiger partial charge >= 0.3 is 5.97 Å². The first-order valence-electron chi connectivity index (χ1n) is 8.22. The van der Waals surface area contributed by atoms with E-state index in [4.69, 9.17) is 14.3 Å². The molecule has 0 radical (unpaired) electrons. The first-order chi connectivity index (χ1) is 12.5. The van der Waals surface area contributed by atoms with Gasteiger partial charge in [0, 0.05) is 0 Å². The highest BCUT2D eigenvalue weighted by Gasteiger charge is 2.15. The second kappa shape index (κ2) is 7.27. The number of hydrogen-bond acceptors (Lipinski definition) is 4. The van der Waals surface area contributed by atoms with Gasteiger partial charge in [0.1, 0.15) is 5.58 Å². The second-order valence-corrected chi connectivity index (χ2v) is 5.76. The average molecular weight is 350 g/mol. The van der Waals surface area contributed by atoms with Crippen LogP contribution in [0.1, 0.15) is 34.2 Å². The van der Waals surface area contributed by atoms with Crippen LogP contribution in [0.25, 0.3) is 23.1 Å². The van der Waals surface area contributed by atoms with Gasteiger partial charge in [-0.2, -0.15) is 0 Å². The van der Waals surface area contributed by atoms with E-state index in [1.54, 1.807) is 13.0 Å². The van der Waals surface area contributed by atoms with E-state index in [1.807, 2.05) is 37.3 Å². The van der Waals surface area contributed by atoms with Gasteiger partial charge < -0.3 is 14.3 Å². The number of hydrogen-bond donors (Lipinski definition) is 1. The molecule has 132 valence electrons. The van der Waals surface area contributed by atoms with Crippen LogP contribution in [0.5, 0.6) is 5.75 Å². The molecule has 0 bridgehead atoms. The summed E-state index contributed by atoms with van der Waals surface area (Å²) in [5.41, 5.74) is 2.04. The van der Waals surface area contributed by atoms with E-state index in [2.05, 4.69) is 0 Å². The molecule has 0 unspecified atom stereocenters. The summed E-state index contributed by atoms with van der Waals surface area (Å²) in [6, 6.07) is 12.0. The highest BCUT2D eigenvalue weighted by molar-refractivity contribution is 5.93. The summed E-state index contributed by atoms with van der Waals surface area (Å²) in [6.45, 7) is 4.05. The molecule has 0 fully saturated rings. The Morgan fingerprint density at radius 2 is 1.96 bits per heavy atom. The SMILES string of the molecule is CCOc1c(/C=C\c2ccccc2C)oc2ccc(C(=O)O)cc2c1=O. The van der Waals surface area contributed by atoms with Crippen molar-refractivity contribution >= 4 is 29.1 Å². The van der Waals surface area contributed by atoms with Crippen molar-refractivity contribution in [2.24, 2.45) is 0 Å². The molecule has 1 heterocycles. The largest absolute Gasteiger partial charge is 0.487 e. The molecule has 0 aliphatic rings. The third-order valence-corrected chi connectivity index (χ3v) is 4.01. The molecule has 0 atom stereocenters. The number of carboxylic acid groups (broad SMARTS) is 1. The first-order valence-corrected chi connectivity index (χ1v) is 8.22. The Balaban J connectivity index is 2.17. The fourth-order valence-corrected chi connectivity index (χ4v) is 2.66. The fraction of sp³-hybridized carbons (Fsp3) is 0.143. The minimum absolute atomic E-state index is 0.0236. The highest BCUT2D eigenvalue weighted by Crippen LogP contribution is 2.24. The first kappa shape index (κ1) is 17.5. The maximum absolute atomic E-state index is 12.8. The molecule has 1 N–H and O–H groups in total. The van der Waals surface area contributed by atoms with Crippen LogP contribution in [0.2, 0.25) is 0 Å². The van der Waals surface area contributed by atoms with Crippen molar-refractivity contribution in [3.05, 3.63) is 75.1 Å². The van der Waals surface area contributed by atoms with Gasteiger partial charge in [-0.15, -0.1) is 0 Å². The van der Waals surface area contributed by atoms with E-state index in [-0.39, 0.29) is 22.1 Å². The lowest BCUT2D eigenvalue weighted by atomic mass is 10.1. The van der Waals surface area contributed by atoms with Crippen molar-refractivity contribution in [3.8, 4) is 5.75 Å². The topological polar surface area (TPSA) is 76.7 Å². The van der Waals surface area contributed by atoms with Crippen molar-refractivity contribution in [1.29, 1.82) is 0 Å². The van der Waals surface area contributed by atoms with Crippen LogP contribution in [-0.4, -0.2) is 17.7 Å². The third kappa shape index (κ3) is 3.37. The number of aromatic carboxylic acids is 1. The maximum atomic E-state index is 12.8. The minimum atomic E-state index is -1.10. The lowest BCUT2D eigenvalue weighted by molar-refractivity contribution is 0.0697. The normalized spacial score (nSPS) is 11.2. The Bertz CT molecular complexity index is 1060. The Morgan fingerprint density at radius 1 is 1.19 bits per heavy atom. The molecule has 0 spiro atoms. The van der Waals surface area contributed by atoms with Crippen LogP contribution in [0.4, 0.5) is 0 Å². The molecule has 0 aliphatic heterocycles. The predicted octanol–water partition coefficient (Wildman–Crippen LogP) is 4.37. The fourth-order valence-electron chi connectivity index (χ4n) is 2.66. The molecule has 0 aliphatic carbocycles. The van der Waals surface area contributed by atoms with E-state index < -0.39 is 5.97 Å². The molecule has 3 aromatic rings. The molecule has 26 heavy (non-hydrogen) atoms. The molecular formula is C21H18O5. The van der Waals surface area contributed by atoms with Crippen molar-refractivity contribution in [2.75, 3.05) is 6.61 Å². The molecular weight excluding hydrogens is 332 g/mol. The molecule has 5 nitrogen and oxygen atoms in total. The molecule has 2 aromatic carbocycles. The molecule has 5 heteroatoms. The number of benzene rings is 2. The number of aryl methyl sites for hydroxylation is 1. The molecule has 3 rings (SSSR count). The van der Waals surface area contributed by atoms with Crippen LogP contribution in [0, 0.1) is 6.92 Å². The van der Waals surface area contributed by atoms with Gasteiger partial charge in [0.05, 0.1) is 17.6 Å². The van der Waals surface area contributed by atoms with Crippen LogP contribution >= 0.6 is 0 Å². The minimum Gasteiger partial charge on any atom is -0.487 e. The van der Waals surface area contributed by atoms with E-state index in [9.17, 15) is 9.59 Å². The number of ether oxygens (including phenoxy) is 1. The summed E-state index contributed by atoms with van der Waals surface area (Å²) >= 11 is 0. The lowest BCUT2D eigenvalue weighted by Crippen LogP contribution is -2.11. The van der Waals surface area contributed by atoms with Crippen LogP contribution < -0.4 is 10.2 Å². The number of fused-ring (bicyclic) bond motifs is 1. The standard InChI is InChI=1S/C21H18O5/c1-3-25-20-18(11-8-14-7-5-4-6-13(14)2)26-17-10-9-15(21(23)24)12-16(17)19(20)22/h4-12H,3H2,1-2H3,(H,23,24)/b11-8-. The summed E-state index contributed by atoms with van der Waals surface area (Å²) < 4.78 is 11.3. The summed E-state index contributed by atoms with van der Waals surface area (Å²) in [5, 5.41) is 9.31. The Morgan fingerprint density at radius 3 is 2.65 bits per heavy atom. The quantitative estimate of drug-likeness (QED) is 0.739. The number of rotatable bonds is 5. The zero-order valence-corrected chi connectivity index (χ0v) is 14.5. The van der Waals surface area contributed by atoms with Gasteiger partial charge in [-0.25, -0.2) is 4.79 Å². The monoisotopic (exact) mass is 350 g/mol. The smallest absolute Gasteiger partial charge is 0.335 e. The summed E-state index contributed by atoms with van der Waals surface area (Å²) in [4.78, 5) is 23.9. The Labute approximate surface area is 150 Å². The summed E-state index contributed by atoms with van der Waals surface area (Å²) in [7, 11) is 0. The van der Waals surface area contributed by atoms with Crippen molar-refractivity contribution in [2.45, 2.75) is 13.8 Å². The van der Waals surface area contributed by atoms with Gasteiger partial charge in [0.15, 0.2) is 5.76 Å². The van der Waals surface area contributed by atoms with Crippen molar-refractivity contribution in [1.82, 2.24) is 0 Å². The van der Waals surface area contributed by atoms with Gasteiger partial charge in [0.2, 0.25) is 11.2 Å². The second-order valence-electron chi connectivity index (χ2n) is 5.76. The lowest BCUT2D eigenvalue weighted by Gasteiger charge is -2.08. The van der Waals surface area contributed by atoms with Gasteiger partial charge in [0.25, 0.3) is 0 Å². The number of carbonyl (C=O) groups is 1. The third-order valence-electron chi connectivity index (χ3n) is 4.01. The highest BCUT2D eigenvalue weighted by atomic mass is 16.5.